The average Bonchev–Trinajstić information content (AvgIpc) is 2.83. The number of carbonyl (C=O) groups excluding carboxylic acids is 4. The average molecular weight is 541 g/mol. The molecule has 2 rings (SSSR count). The highest BCUT2D eigenvalue weighted by molar-refractivity contribution is 5.99. The van der Waals surface area contributed by atoms with Crippen LogP contribution in [0.2, 0.25) is 0 Å². The number of carbonyl (C=O) groups is 4. The van der Waals surface area contributed by atoms with Crippen LogP contribution in [0.4, 0.5) is 10.5 Å². The Morgan fingerprint density at radius 1 is 1.00 bits per heavy atom. The molecule has 2 aromatic carbocycles. The van der Waals surface area contributed by atoms with E-state index >= 15 is 0 Å². The smallest absolute Gasteiger partial charge is 0.408 e. The van der Waals surface area contributed by atoms with Gasteiger partial charge in [0.1, 0.15) is 17.7 Å². The van der Waals surface area contributed by atoms with Gasteiger partial charge in [0.2, 0.25) is 11.8 Å². The van der Waals surface area contributed by atoms with Crippen LogP contribution in [0, 0.1) is 20.8 Å². The van der Waals surface area contributed by atoms with E-state index in [1.807, 2.05) is 45.0 Å². The van der Waals surface area contributed by atoms with Crippen LogP contribution in [0.3, 0.4) is 0 Å². The largest absolute Gasteiger partial charge is 0.444 e. The van der Waals surface area contributed by atoms with Gasteiger partial charge in [0, 0.05) is 18.7 Å². The first-order valence-electron chi connectivity index (χ1n) is 12.9. The van der Waals surface area contributed by atoms with Gasteiger partial charge in [-0.25, -0.2) is 4.79 Å². The van der Waals surface area contributed by atoms with Crippen LogP contribution in [0.5, 0.6) is 0 Å². The van der Waals surface area contributed by atoms with E-state index in [9.17, 15) is 24.3 Å². The highest BCUT2D eigenvalue weighted by Crippen LogP contribution is 2.27. The minimum atomic E-state index is -1.24. The number of primary amides is 1. The molecule has 0 heterocycles. The lowest BCUT2D eigenvalue weighted by Crippen LogP contribution is -2.53. The lowest BCUT2D eigenvalue weighted by atomic mass is 9.97. The third-order valence-electron chi connectivity index (χ3n) is 6.10. The van der Waals surface area contributed by atoms with E-state index in [2.05, 4.69) is 10.6 Å². The summed E-state index contributed by atoms with van der Waals surface area (Å²) in [6.45, 7) is 10.1. The van der Waals surface area contributed by atoms with Crippen molar-refractivity contribution in [1.82, 2.24) is 10.2 Å². The van der Waals surface area contributed by atoms with Crippen molar-refractivity contribution in [2.45, 2.75) is 72.1 Å². The summed E-state index contributed by atoms with van der Waals surface area (Å²) in [5, 5.41) is 15.3. The molecule has 0 bridgehead atoms. The lowest BCUT2D eigenvalue weighted by molar-refractivity contribution is -0.141. The van der Waals surface area contributed by atoms with Crippen LogP contribution in [0.15, 0.2) is 42.5 Å². The van der Waals surface area contributed by atoms with Crippen molar-refractivity contribution >= 4 is 29.5 Å². The number of nitrogens with two attached hydrogens (primary N) is 1. The molecule has 4 amide bonds. The molecule has 2 aromatic rings. The standard InChI is InChI=1S/C29H40N4O6/c1-18-11-12-21(17-20(18)3)25(26(36)31-22-10-8-7-9-19(22)2)33(15-16-34)27(37)23(13-14-24(30)35)32-28(38)39-29(4,5)6/h7-12,17,23,25,34H,13-16H2,1-6H3,(H2,30,35)(H,31,36)(H,32,38). The molecular weight excluding hydrogens is 500 g/mol. The number of hydrogen-bond acceptors (Lipinski definition) is 6. The number of benzene rings is 2. The molecule has 0 radical (unpaired) electrons. The van der Waals surface area contributed by atoms with E-state index in [1.165, 1.54) is 4.90 Å². The number of ether oxygens (including phenoxy) is 1. The third kappa shape index (κ3) is 9.40. The van der Waals surface area contributed by atoms with Crippen LogP contribution >= 0.6 is 0 Å². The Morgan fingerprint density at radius 3 is 2.23 bits per heavy atom. The van der Waals surface area contributed by atoms with E-state index < -0.39 is 48.1 Å². The molecule has 212 valence electrons. The second-order valence-corrected chi connectivity index (χ2v) is 10.5. The maximum Gasteiger partial charge on any atom is 0.408 e. The van der Waals surface area contributed by atoms with E-state index in [1.54, 1.807) is 39.0 Å². The number of amides is 4. The monoisotopic (exact) mass is 540 g/mol. The van der Waals surface area contributed by atoms with Crippen molar-refractivity contribution in [2.24, 2.45) is 5.73 Å². The zero-order valence-corrected chi connectivity index (χ0v) is 23.5. The number of aryl methyl sites for hydroxylation is 3. The molecular formula is C29H40N4O6. The minimum Gasteiger partial charge on any atom is -0.444 e. The van der Waals surface area contributed by atoms with Crippen molar-refractivity contribution in [1.29, 1.82) is 0 Å². The van der Waals surface area contributed by atoms with Gasteiger partial charge in [0.25, 0.3) is 5.91 Å². The Balaban J connectivity index is 2.55. The highest BCUT2D eigenvalue weighted by Gasteiger charge is 2.36. The van der Waals surface area contributed by atoms with Gasteiger partial charge in [0.15, 0.2) is 0 Å². The predicted octanol–water partition coefficient (Wildman–Crippen LogP) is 3.27. The second kappa shape index (κ2) is 13.7. The van der Waals surface area contributed by atoms with Gasteiger partial charge in [-0.2, -0.15) is 0 Å². The number of para-hydroxylation sites is 1. The first kappa shape index (κ1) is 31.3. The molecule has 0 aliphatic heterocycles. The zero-order chi connectivity index (χ0) is 29.3. The SMILES string of the molecule is Cc1ccc(C(C(=O)Nc2ccccc2C)N(CCO)C(=O)C(CCC(N)=O)NC(=O)OC(C)(C)C)cc1C. The van der Waals surface area contributed by atoms with Gasteiger partial charge in [-0.3, -0.25) is 14.4 Å². The topological polar surface area (TPSA) is 151 Å². The number of anilines is 1. The number of aliphatic hydroxyl groups excluding tert-OH is 1. The molecule has 0 fully saturated rings. The van der Waals surface area contributed by atoms with Crippen molar-refractivity contribution in [2.75, 3.05) is 18.5 Å². The number of aliphatic hydroxyl groups is 1. The second-order valence-electron chi connectivity index (χ2n) is 10.5. The van der Waals surface area contributed by atoms with Crippen LogP contribution < -0.4 is 16.4 Å². The summed E-state index contributed by atoms with van der Waals surface area (Å²) >= 11 is 0. The van der Waals surface area contributed by atoms with Gasteiger partial charge in [-0.15, -0.1) is 0 Å². The fourth-order valence-corrected chi connectivity index (χ4v) is 3.99. The number of rotatable bonds is 11. The summed E-state index contributed by atoms with van der Waals surface area (Å²) < 4.78 is 5.31. The Labute approximate surface area is 229 Å². The minimum absolute atomic E-state index is 0.117. The molecule has 10 nitrogen and oxygen atoms in total. The lowest BCUT2D eigenvalue weighted by Gasteiger charge is -2.34. The summed E-state index contributed by atoms with van der Waals surface area (Å²) in [5.74, 6) is -1.82. The molecule has 39 heavy (non-hydrogen) atoms. The van der Waals surface area contributed by atoms with Gasteiger partial charge in [0.05, 0.1) is 6.61 Å². The Bertz CT molecular complexity index is 1190. The van der Waals surface area contributed by atoms with Crippen molar-refractivity contribution in [3.05, 3.63) is 64.7 Å². The Kier molecular flexibility index (Phi) is 11.0. The Morgan fingerprint density at radius 2 is 1.67 bits per heavy atom. The maximum absolute atomic E-state index is 13.9. The summed E-state index contributed by atoms with van der Waals surface area (Å²) in [7, 11) is 0. The normalized spacial score (nSPS) is 12.7. The number of alkyl carbamates (subject to hydrolysis) is 1. The first-order chi connectivity index (χ1) is 18.2. The number of nitrogens with one attached hydrogen (secondary N) is 2. The molecule has 0 saturated heterocycles. The van der Waals surface area contributed by atoms with E-state index in [0.717, 1.165) is 16.7 Å². The van der Waals surface area contributed by atoms with Gasteiger partial charge < -0.3 is 31.1 Å². The van der Waals surface area contributed by atoms with Crippen molar-refractivity contribution in [3.63, 3.8) is 0 Å². The van der Waals surface area contributed by atoms with Gasteiger partial charge in [-0.1, -0.05) is 36.4 Å². The number of hydrogen-bond donors (Lipinski definition) is 4. The highest BCUT2D eigenvalue weighted by atomic mass is 16.6. The molecule has 10 heteroatoms. The summed E-state index contributed by atoms with van der Waals surface area (Å²) in [6.07, 6.45) is -1.17. The van der Waals surface area contributed by atoms with Gasteiger partial charge >= 0.3 is 6.09 Å². The van der Waals surface area contributed by atoms with Crippen LogP contribution in [0.1, 0.15) is 61.9 Å². The first-order valence-corrected chi connectivity index (χ1v) is 12.9. The predicted molar refractivity (Wildman–Crippen MR) is 149 cm³/mol. The molecule has 2 unspecified atom stereocenters. The van der Waals surface area contributed by atoms with Crippen LogP contribution in [-0.2, 0) is 19.1 Å². The quantitative estimate of drug-likeness (QED) is 0.343. The molecule has 0 aliphatic carbocycles. The molecule has 0 saturated carbocycles. The van der Waals surface area contributed by atoms with Crippen molar-refractivity contribution < 1.29 is 29.0 Å². The summed E-state index contributed by atoms with van der Waals surface area (Å²) in [5.41, 5.74) is 8.34. The zero-order valence-electron chi connectivity index (χ0n) is 23.5. The fraction of sp³-hybridized carbons (Fsp3) is 0.448. The molecule has 2 atom stereocenters. The molecule has 0 aromatic heterocycles. The third-order valence-corrected chi connectivity index (χ3v) is 6.10. The summed E-state index contributed by atoms with van der Waals surface area (Å²) in [4.78, 5) is 53.1. The number of nitrogens with zero attached hydrogens (tertiary/aromatic N) is 1. The molecule has 5 N–H and O–H groups in total. The van der Waals surface area contributed by atoms with Gasteiger partial charge in [-0.05, 0) is 76.3 Å². The Hall–Kier alpha value is -3.92. The van der Waals surface area contributed by atoms with Crippen molar-refractivity contribution in [3.8, 4) is 0 Å². The maximum atomic E-state index is 13.9. The molecule has 0 aliphatic rings. The van der Waals surface area contributed by atoms with E-state index in [-0.39, 0.29) is 19.4 Å². The van der Waals surface area contributed by atoms with Crippen LogP contribution in [0.25, 0.3) is 0 Å². The molecule has 0 spiro atoms. The summed E-state index contributed by atoms with van der Waals surface area (Å²) in [6, 6.07) is 10.3. The van der Waals surface area contributed by atoms with E-state index in [4.69, 9.17) is 10.5 Å². The van der Waals surface area contributed by atoms with E-state index in [0.29, 0.717) is 11.3 Å². The fourth-order valence-electron chi connectivity index (χ4n) is 3.99. The van der Waals surface area contributed by atoms with Crippen LogP contribution in [-0.4, -0.2) is 58.6 Å².